The fraction of sp³-hybridized carbons (Fsp3) is 0.500. The van der Waals surface area contributed by atoms with Crippen LogP contribution in [0.25, 0.3) is 0 Å². The van der Waals surface area contributed by atoms with E-state index in [1.807, 2.05) is 11.8 Å². The number of ether oxygens (including phenoxy) is 1. The number of carbonyl (C=O) groups excluding carboxylic acids is 1. The van der Waals surface area contributed by atoms with Crippen molar-refractivity contribution in [2.75, 3.05) is 36.6 Å². The van der Waals surface area contributed by atoms with E-state index in [1.165, 1.54) is 13.3 Å². The van der Waals surface area contributed by atoms with Crippen LogP contribution in [0.1, 0.15) is 17.3 Å². The summed E-state index contributed by atoms with van der Waals surface area (Å²) in [6.07, 6.45) is 1.52. The molecule has 0 aliphatic carbocycles. The first-order chi connectivity index (χ1) is 8.61. The van der Waals surface area contributed by atoms with Crippen LogP contribution in [0.2, 0.25) is 0 Å². The van der Waals surface area contributed by atoms with Gasteiger partial charge in [0.25, 0.3) is 0 Å². The highest BCUT2D eigenvalue weighted by Crippen LogP contribution is 2.24. The van der Waals surface area contributed by atoms with E-state index in [2.05, 4.69) is 16.8 Å². The summed E-state index contributed by atoms with van der Waals surface area (Å²) in [5, 5.41) is 0.569. The van der Waals surface area contributed by atoms with Crippen molar-refractivity contribution < 1.29 is 9.53 Å². The molecule has 1 atom stereocenters. The normalized spacial score (nSPS) is 19.7. The largest absolute Gasteiger partial charge is 0.465 e. The monoisotopic (exact) mass is 267 g/mol. The number of carbonyl (C=O) groups is 1. The summed E-state index contributed by atoms with van der Waals surface area (Å²) >= 11 is 1.95. The Bertz CT molecular complexity index is 453. The fourth-order valence-corrected chi connectivity index (χ4v) is 2.95. The molecule has 1 aromatic heterocycles. The van der Waals surface area contributed by atoms with Gasteiger partial charge in [0.05, 0.1) is 24.6 Å². The average molecular weight is 267 g/mol. The van der Waals surface area contributed by atoms with Crippen molar-refractivity contribution in [2.45, 2.75) is 12.2 Å². The maximum absolute atomic E-state index is 11.6. The number of nitrogens with two attached hydrogens (primary N) is 1. The van der Waals surface area contributed by atoms with Crippen LogP contribution in [0.15, 0.2) is 12.3 Å². The van der Waals surface area contributed by atoms with Crippen molar-refractivity contribution in [3.63, 3.8) is 0 Å². The van der Waals surface area contributed by atoms with Crippen LogP contribution in [0.3, 0.4) is 0 Å². The van der Waals surface area contributed by atoms with E-state index in [4.69, 9.17) is 10.5 Å². The smallest absolute Gasteiger partial charge is 0.340 e. The molecule has 18 heavy (non-hydrogen) atoms. The molecule has 1 unspecified atom stereocenters. The number of nitrogen functional groups attached to an aromatic ring is 1. The van der Waals surface area contributed by atoms with Gasteiger partial charge < -0.3 is 15.4 Å². The predicted molar refractivity (Wildman–Crippen MR) is 74.1 cm³/mol. The minimum atomic E-state index is -0.421. The third-order valence-corrected chi connectivity index (χ3v) is 4.03. The molecule has 2 rings (SSSR count). The van der Waals surface area contributed by atoms with Crippen molar-refractivity contribution in [3.8, 4) is 0 Å². The third-order valence-electron chi connectivity index (χ3n) is 2.89. The molecule has 1 aliphatic rings. The molecule has 0 radical (unpaired) electrons. The number of hydrogen-bond acceptors (Lipinski definition) is 6. The summed E-state index contributed by atoms with van der Waals surface area (Å²) in [6.45, 7) is 4.06. The Morgan fingerprint density at radius 2 is 2.44 bits per heavy atom. The molecule has 98 valence electrons. The Hall–Kier alpha value is -1.43. The highest BCUT2D eigenvalue weighted by Gasteiger charge is 2.20. The van der Waals surface area contributed by atoms with Gasteiger partial charge in [-0.1, -0.05) is 6.92 Å². The van der Waals surface area contributed by atoms with Gasteiger partial charge >= 0.3 is 5.97 Å². The minimum Gasteiger partial charge on any atom is -0.465 e. The van der Waals surface area contributed by atoms with Crippen molar-refractivity contribution in [3.05, 3.63) is 17.8 Å². The standard InChI is InChI=1S/C12H17N3O2S/c1-8-7-15(3-4-18-8)11-5-9(12(16)17-2)10(13)6-14-11/h5-6,8H,3-4,7,13H2,1-2H3. The van der Waals surface area contributed by atoms with Crippen LogP contribution in [0, 0.1) is 0 Å². The quantitative estimate of drug-likeness (QED) is 0.817. The first kappa shape index (κ1) is 13.0. The Morgan fingerprint density at radius 3 is 3.11 bits per heavy atom. The molecule has 0 bridgehead atoms. The number of methoxy groups -OCH3 is 1. The third kappa shape index (κ3) is 2.69. The molecule has 0 aromatic carbocycles. The molecule has 1 aliphatic heterocycles. The number of anilines is 2. The number of rotatable bonds is 2. The molecule has 1 fully saturated rings. The van der Waals surface area contributed by atoms with Gasteiger partial charge in [-0.25, -0.2) is 9.78 Å². The number of esters is 1. The summed E-state index contributed by atoms with van der Waals surface area (Å²) in [4.78, 5) is 18.1. The molecule has 2 N–H and O–H groups in total. The Labute approximate surface area is 111 Å². The van der Waals surface area contributed by atoms with Crippen molar-refractivity contribution in [1.82, 2.24) is 4.98 Å². The number of aromatic nitrogens is 1. The SMILES string of the molecule is COC(=O)c1cc(N2CCSC(C)C2)ncc1N. The van der Waals surface area contributed by atoms with E-state index in [0.29, 0.717) is 16.5 Å². The topological polar surface area (TPSA) is 68.5 Å². The molecule has 5 nitrogen and oxygen atoms in total. The van der Waals surface area contributed by atoms with Crippen LogP contribution >= 0.6 is 11.8 Å². The molecular weight excluding hydrogens is 250 g/mol. The van der Waals surface area contributed by atoms with Crippen LogP contribution in [-0.2, 0) is 4.74 Å². The zero-order valence-electron chi connectivity index (χ0n) is 10.5. The Kier molecular flexibility index (Phi) is 3.96. The first-order valence-electron chi connectivity index (χ1n) is 5.82. The van der Waals surface area contributed by atoms with Gasteiger partial charge in [0.15, 0.2) is 0 Å². The van der Waals surface area contributed by atoms with Crippen LogP contribution in [-0.4, -0.2) is 42.2 Å². The van der Waals surface area contributed by atoms with E-state index in [9.17, 15) is 4.79 Å². The highest BCUT2D eigenvalue weighted by atomic mass is 32.2. The summed E-state index contributed by atoms with van der Waals surface area (Å²) in [5.41, 5.74) is 6.47. The van der Waals surface area contributed by atoms with Crippen molar-refractivity contribution >= 4 is 29.2 Å². The second-order valence-corrected chi connectivity index (χ2v) is 5.80. The molecule has 1 saturated heterocycles. The summed E-state index contributed by atoms with van der Waals surface area (Å²) < 4.78 is 4.71. The summed E-state index contributed by atoms with van der Waals surface area (Å²) in [7, 11) is 1.35. The number of nitrogens with zero attached hydrogens (tertiary/aromatic N) is 2. The first-order valence-corrected chi connectivity index (χ1v) is 6.87. The Morgan fingerprint density at radius 1 is 1.67 bits per heavy atom. The van der Waals surface area contributed by atoms with Gasteiger partial charge in [-0.15, -0.1) is 0 Å². The van der Waals surface area contributed by atoms with E-state index in [-0.39, 0.29) is 0 Å². The lowest BCUT2D eigenvalue weighted by molar-refractivity contribution is 0.0602. The van der Waals surface area contributed by atoms with Gasteiger partial charge in [-0.2, -0.15) is 11.8 Å². The second kappa shape index (κ2) is 5.48. The molecule has 0 saturated carbocycles. The molecule has 0 spiro atoms. The number of pyridine rings is 1. The fourth-order valence-electron chi connectivity index (χ4n) is 1.94. The lowest BCUT2D eigenvalue weighted by atomic mass is 10.2. The molecule has 6 heteroatoms. The minimum absolute atomic E-state index is 0.352. The summed E-state index contributed by atoms with van der Waals surface area (Å²) in [6, 6.07) is 1.71. The van der Waals surface area contributed by atoms with Gasteiger partial charge in [-0.05, 0) is 6.07 Å². The second-order valence-electron chi connectivity index (χ2n) is 4.25. The van der Waals surface area contributed by atoms with E-state index >= 15 is 0 Å². The van der Waals surface area contributed by atoms with Gasteiger partial charge in [0, 0.05) is 24.1 Å². The zero-order chi connectivity index (χ0) is 13.1. The summed E-state index contributed by atoms with van der Waals surface area (Å²) in [5.74, 6) is 1.44. The van der Waals surface area contributed by atoms with Crippen molar-refractivity contribution in [1.29, 1.82) is 0 Å². The lowest BCUT2D eigenvalue weighted by Gasteiger charge is -2.31. The van der Waals surface area contributed by atoms with Crippen molar-refractivity contribution in [2.24, 2.45) is 0 Å². The van der Waals surface area contributed by atoms with Crippen LogP contribution < -0.4 is 10.6 Å². The van der Waals surface area contributed by atoms with E-state index in [0.717, 1.165) is 24.7 Å². The number of hydrogen-bond donors (Lipinski definition) is 1. The molecule has 2 heterocycles. The van der Waals surface area contributed by atoms with E-state index < -0.39 is 5.97 Å². The predicted octanol–water partition coefficient (Wildman–Crippen LogP) is 1.39. The van der Waals surface area contributed by atoms with Crippen LogP contribution in [0.5, 0.6) is 0 Å². The lowest BCUT2D eigenvalue weighted by Crippen LogP contribution is -2.37. The Balaban J connectivity index is 2.26. The molecular formula is C12H17N3O2S. The van der Waals surface area contributed by atoms with E-state index in [1.54, 1.807) is 6.07 Å². The maximum atomic E-state index is 11.6. The highest BCUT2D eigenvalue weighted by molar-refractivity contribution is 8.00. The van der Waals surface area contributed by atoms with Gasteiger partial charge in [0.2, 0.25) is 0 Å². The molecule has 0 amide bonds. The average Bonchev–Trinajstić information content (AvgIpc) is 2.38. The van der Waals surface area contributed by atoms with Gasteiger partial charge in [-0.3, -0.25) is 0 Å². The zero-order valence-corrected chi connectivity index (χ0v) is 11.4. The van der Waals surface area contributed by atoms with Crippen LogP contribution in [0.4, 0.5) is 11.5 Å². The van der Waals surface area contributed by atoms with Gasteiger partial charge in [0.1, 0.15) is 5.82 Å². The number of thioether (sulfide) groups is 1. The maximum Gasteiger partial charge on any atom is 0.340 e. The molecule has 1 aromatic rings.